The maximum atomic E-state index is 11.9. The van der Waals surface area contributed by atoms with E-state index in [1.807, 2.05) is 0 Å². The van der Waals surface area contributed by atoms with Crippen molar-refractivity contribution >= 4 is 22.9 Å². The second-order valence-corrected chi connectivity index (χ2v) is 3.91. The van der Waals surface area contributed by atoms with Crippen LogP contribution in [0.1, 0.15) is 21.7 Å². The van der Waals surface area contributed by atoms with Crippen LogP contribution in [0.3, 0.4) is 0 Å². The van der Waals surface area contributed by atoms with E-state index in [-0.39, 0.29) is 6.54 Å². The minimum Gasteiger partial charge on any atom is -0.368 e. The SMILES string of the molecule is Cc1cc(C(=O)NCC(N)=O)c2c(C)noc2n1. The van der Waals surface area contributed by atoms with Crippen LogP contribution in [0.5, 0.6) is 0 Å². The minimum atomic E-state index is -0.604. The summed E-state index contributed by atoms with van der Waals surface area (Å²) >= 11 is 0. The molecule has 0 aromatic carbocycles. The van der Waals surface area contributed by atoms with Crippen LogP contribution in [0, 0.1) is 13.8 Å². The highest BCUT2D eigenvalue weighted by molar-refractivity contribution is 6.06. The number of hydrogen-bond acceptors (Lipinski definition) is 5. The summed E-state index contributed by atoms with van der Waals surface area (Å²) < 4.78 is 5.01. The molecule has 7 nitrogen and oxygen atoms in total. The molecule has 7 heteroatoms. The smallest absolute Gasteiger partial charge is 0.258 e. The van der Waals surface area contributed by atoms with Gasteiger partial charge in [-0.25, -0.2) is 4.98 Å². The van der Waals surface area contributed by atoms with Crippen molar-refractivity contribution in [3.8, 4) is 0 Å². The van der Waals surface area contributed by atoms with Crippen LogP contribution in [0.15, 0.2) is 10.6 Å². The molecule has 0 spiro atoms. The van der Waals surface area contributed by atoms with Crippen molar-refractivity contribution in [2.75, 3.05) is 6.54 Å². The number of pyridine rings is 1. The van der Waals surface area contributed by atoms with Gasteiger partial charge in [-0.3, -0.25) is 9.59 Å². The average Bonchev–Trinajstić information content (AvgIpc) is 2.66. The fraction of sp³-hybridized carbons (Fsp3) is 0.273. The Kier molecular flexibility index (Phi) is 2.97. The molecule has 0 fully saturated rings. The lowest BCUT2D eigenvalue weighted by Crippen LogP contribution is -2.33. The number of rotatable bonds is 3. The molecule has 0 unspecified atom stereocenters. The van der Waals surface area contributed by atoms with E-state index in [1.54, 1.807) is 19.9 Å². The topological polar surface area (TPSA) is 111 Å². The largest absolute Gasteiger partial charge is 0.368 e. The number of primary amides is 1. The van der Waals surface area contributed by atoms with Gasteiger partial charge >= 0.3 is 0 Å². The van der Waals surface area contributed by atoms with Crippen molar-refractivity contribution in [3.63, 3.8) is 0 Å². The summed E-state index contributed by atoms with van der Waals surface area (Å²) in [5, 5.41) is 6.73. The Morgan fingerprint density at radius 3 is 2.83 bits per heavy atom. The number of hydrogen-bond donors (Lipinski definition) is 2. The van der Waals surface area contributed by atoms with E-state index in [0.717, 1.165) is 0 Å². The van der Waals surface area contributed by atoms with Crippen molar-refractivity contribution < 1.29 is 14.1 Å². The summed E-state index contributed by atoms with van der Waals surface area (Å²) in [6.07, 6.45) is 0. The van der Waals surface area contributed by atoms with E-state index < -0.39 is 11.8 Å². The van der Waals surface area contributed by atoms with E-state index in [4.69, 9.17) is 10.3 Å². The van der Waals surface area contributed by atoms with Gasteiger partial charge in [0.15, 0.2) is 0 Å². The summed E-state index contributed by atoms with van der Waals surface area (Å²) in [4.78, 5) is 26.7. The molecule has 18 heavy (non-hydrogen) atoms. The van der Waals surface area contributed by atoms with E-state index in [2.05, 4.69) is 15.5 Å². The van der Waals surface area contributed by atoms with Crippen LogP contribution in [-0.4, -0.2) is 28.5 Å². The van der Waals surface area contributed by atoms with Crippen LogP contribution in [0.4, 0.5) is 0 Å². The van der Waals surface area contributed by atoms with Gasteiger partial charge in [-0.05, 0) is 19.9 Å². The molecular formula is C11H12N4O3. The van der Waals surface area contributed by atoms with Gasteiger partial charge in [0.05, 0.1) is 23.2 Å². The van der Waals surface area contributed by atoms with Crippen molar-refractivity contribution in [1.82, 2.24) is 15.5 Å². The van der Waals surface area contributed by atoms with Gasteiger partial charge in [-0.1, -0.05) is 5.16 Å². The lowest BCUT2D eigenvalue weighted by molar-refractivity contribution is -0.117. The van der Waals surface area contributed by atoms with Gasteiger partial charge in [-0.15, -0.1) is 0 Å². The molecule has 2 aromatic rings. The number of nitrogens with two attached hydrogens (primary N) is 1. The monoisotopic (exact) mass is 248 g/mol. The van der Waals surface area contributed by atoms with Crippen LogP contribution < -0.4 is 11.1 Å². The fourth-order valence-corrected chi connectivity index (χ4v) is 1.66. The molecule has 0 atom stereocenters. The van der Waals surface area contributed by atoms with Crippen molar-refractivity contribution in [2.24, 2.45) is 5.73 Å². The Morgan fingerprint density at radius 2 is 2.17 bits per heavy atom. The molecule has 94 valence electrons. The first-order valence-electron chi connectivity index (χ1n) is 5.29. The molecule has 0 aliphatic heterocycles. The Balaban J connectivity index is 2.45. The average molecular weight is 248 g/mol. The zero-order valence-electron chi connectivity index (χ0n) is 9.98. The van der Waals surface area contributed by atoms with Crippen LogP contribution in [0.25, 0.3) is 11.1 Å². The first kappa shape index (κ1) is 12.0. The van der Waals surface area contributed by atoms with E-state index in [0.29, 0.717) is 28.1 Å². The lowest BCUT2D eigenvalue weighted by Gasteiger charge is -2.04. The Labute approximate surface area is 102 Å². The standard InChI is InChI=1S/C11H12N4O3/c1-5-3-7(10(17)13-4-8(12)16)9-6(2)15-18-11(9)14-5/h3H,4H2,1-2H3,(H2,12,16)(H,13,17). The molecule has 0 aliphatic rings. The number of carbonyl (C=O) groups excluding carboxylic acids is 2. The molecule has 0 aliphatic carbocycles. The molecule has 2 heterocycles. The van der Waals surface area contributed by atoms with Crippen molar-refractivity contribution in [1.29, 1.82) is 0 Å². The zero-order chi connectivity index (χ0) is 13.3. The molecule has 0 saturated heterocycles. The van der Waals surface area contributed by atoms with E-state index in [9.17, 15) is 9.59 Å². The van der Waals surface area contributed by atoms with E-state index >= 15 is 0 Å². The number of fused-ring (bicyclic) bond motifs is 1. The molecule has 0 radical (unpaired) electrons. The molecular weight excluding hydrogens is 236 g/mol. The predicted octanol–water partition coefficient (Wildman–Crippen LogP) is 0.0547. The third-order valence-corrected chi connectivity index (χ3v) is 2.41. The number of aryl methyl sites for hydroxylation is 2. The first-order chi connectivity index (χ1) is 8.49. The maximum Gasteiger partial charge on any atom is 0.258 e. The van der Waals surface area contributed by atoms with Crippen molar-refractivity contribution in [2.45, 2.75) is 13.8 Å². The summed E-state index contributed by atoms with van der Waals surface area (Å²) in [7, 11) is 0. The lowest BCUT2D eigenvalue weighted by atomic mass is 10.1. The predicted molar refractivity (Wildman–Crippen MR) is 62.8 cm³/mol. The second kappa shape index (κ2) is 4.44. The number of nitrogens with one attached hydrogen (secondary N) is 1. The number of amides is 2. The number of carbonyl (C=O) groups is 2. The third-order valence-electron chi connectivity index (χ3n) is 2.41. The molecule has 2 aromatic heterocycles. The van der Waals surface area contributed by atoms with Crippen molar-refractivity contribution in [3.05, 3.63) is 23.0 Å². The van der Waals surface area contributed by atoms with Gasteiger partial charge in [0, 0.05) is 5.69 Å². The van der Waals surface area contributed by atoms with E-state index in [1.165, 1.54) is 0 Å². The van der Waals surface area contributed by atoms with Crippen LogP contribution in [-0.2, 0) is 4.79 Å². The minimum absolute atomic E-state index is 0.216. The first-order valence-corrected chi connectivity index (χ1v) is 5.29. The Morgan fingerprint density at radius 1 is 1.44 bits per heavy atom. The van der Waals surface area contributed by atoms with Gasteiger partial charge in [0.1, 0.15) is 0 Å². The van der Waals surface area contributed by atoms with Gasteiger partial charge in [0.2, 0.25) is 5.91 Å². The van der Waals surface area contributed by atoms with Crippen LogP contribution in [0.2, 0.25) is 0 Å². The number of nitrogens with zero attached hydrogens (tertiary/aromatic N) is 2. The third kappa shape index (κ3) is 2.15. The Bertz CT molecular complexity index is 632. The molecule has 0 saturated carbocycles. The fourth-order valence-electron chi connectivity index (χ4n) is 1.66. The molecule has 3 N–H and O–H groups in total. The highest BCUT2D eigenvalue weighted by Crippen LogP contribution is 2.21. The van der Waals surface area contributed by atoms with Gasteiger partial charge in [-0.2, -0.15) is 0 Å². The summed E-state index contributed by atoms with van der Waals surface area (Å²) in [6, 6.07) is 1.61. The molecule has 2 rings (SSSR count). The Hall–Kier alpha value is -2.44. The molecule has 0 bridgehead atoms. The quantitative estimate of drug-likeness (QED) is 0.797. The summed E-state index contributed by atoms with van der Waals surface area (Å²) in [5.41, 5.74) is 6.85. The van der Waals surface area contributed by atoms with Gasteiger partial charge in [0.25, 0.3) is 11.6 Å². The highest BCUT2D eigenvalue weighted by atomic mass is 16.5. The highest BCUT2D eigenvalue weighted by Gasteiger charge is 2.17. The van der Waals surface area contributed by atoms with Gasteiger partial charge < -0.3 is 15.6 Å². The zero-order valence-corrected chi connectivity index (χ0v) is 9.98. The second-order valence-electron chi connectivity index (χ2n) is 3.91. The molecule has 2 amide bonds. The summed E-state index contributed by atoms with van der Waals surface area (Å²) in [5.74, 6) is -1.01. The number of aromatic nitrogens is 2. The van der Waals surface area contributed by atoms with Crippen LogP contribution >= 0.6 is 0 Å². The maximum absolute atomic E-state index is 11.9. The summed E-state index contributed by atoms with van der Waals surface area (Å²) in [6.45, 7) is 3.24. The normalized spacial score (nSPS) is 10.6.